The second-order valence-corrected chi connectivity index (χ2v) is 3.15. The maximum Gasteiger partial charge on any atom is 0.112 e. The Morgan fingerprint density at radius 3 is 2.42 bits per heavy atom. The van der Waals surface area contributed by atoms with E-state index >= 15 is 0 Å². The van der Waals surface area contributed by atoms with Gasteiger partial charge in [0.1, 0.15) is 24.4 Å². The fourth-order valence-electron chi connectivity index (χ4n) is 1.24. The average molecular weight is 174 g/mol. The van der Waals surface area contributed by atoms with Gasteiger partial charge in [0.25, 0.3) is 0 Å². The Labute approximate surface area is 71.1 Å². The van der Waals surface area contributed by atoms with Crippen molar-refractivity contribution in [3.05, 3.63) is 12.2 Å². The summed E-state index contributed by atoms with van der Waals surface area (Å²) >= 11 is 0. The number of aliphatic hydroxyl groups excluding tert-OH is 3. The minimum absolute atomic E-state index is 0.0375. The Hall–Kier alpha value is -0.420. The zero-order valence-electron chi connectivity index (χ0n) is 6.97. The largest absolute Gasteiger partial charge is 0.388 e. The van der Waals surface area contributed by atoms with Gasteiger partial charge in [0.05, 0.1) is 6.61 Å². The lowest BCUT2D eigenvalue weighted by molar-refractivity contribution is -0.176. The molecule has 12 heavy (non-hydrogen) atoms. The van der Waals surface area contributed by atoms with Crippen molar-refractivity contribution in [2.45, 2.75) is 31.3 Å². The van der Waals surface area contributed by atoms with E-state index in [4.69, 9.17) is 9.84 Å². The van der Waals surface area contributed by atoms with Crippen molar-refractivity contribution in [3.8, 4) is 0 Å². The normalized spacial score (nSPS) is 42.7. The van der Waals surface area contributed by atoms with E-state index in [1.807, 2.05) is 0 Å². The van der Waals surface area contributed by atoms with Crippen molar-refractivity contribution >= 4 is 0 Å². The first-order chi connectivity index (χ1) is 5.54. The van der Waals surface area contributed by atoms with Crippen LogP contribution < -0.4 is 0 Å². The van der Waals surface area contributed by atoms with E-state index < -0.39 is 24.4 Å². The maximum atomic E-state index is 9.38. The topological polar surface area (TPSA) is 69.9 Å². The second kappa shape index (κ2) is 3.53. The molecule has 1 saturated heterocycles. The van der Waals surface area contributed by atoms with E-state index in [-0.39, 0.29) is 6.61 Å². The molecule has 4 nitrogen and oxygen atoms in total. The van der Waals surface area contributed by atoms with Crippen molar-refractivity contribution in [1.29, 1.82) is 0 Å². The summed E-state index contributed by atoms with van der Waals surface area (Å²) in [6.07, 6.45) is -3.79. The molecule has 0 spiro atoms. The predicted molar refractivity (Wildman–Crippen MR) is 42.6 cm³/mol. The fourth-order valence-corrected chi connectivity index (χ4v) is 1.24. The number of hydrogen-bond acceptors (Lipinski definition) is 4. The SMILES string of the molecule is C=C(C)C1OC[C@H](O)[C@@H](O)[C@@H]1O. The minimum atomic E-state index is -1.14. The molecule has 0 aromatic rings. The lowest BCUT2D eigenvalue weighted by Gasteiger charge is -2.35. The van der Waals surface area contributed by atoms with Crippen LogP contribution in [0.5, 0.6) is 0 Å². The van der Waals surface area contributed by atoms with E-state index in [0.717, 1.165) is 0 Å². The molecule has 0 radical (unpaired) electrons. The van der Waals surface area contributed by atoms with E-state index in [1.54, 1.807) is 6.92 Å². The van der Waals surface area contributed by atoms with Crippen LogP contribution in [0.2, 0.25) is 0 Å². The summed E-state index contributed by atoms with van der Waals surface area (Å²) < 4.78 is 5.07. The van der Waals surface area contributed by atoms with Crippen molar-refractivity contribution in [3.63, 3.8) is 0 Å². The van der Waals surface area contributed by atoms with Crippen LogP contribution in [0.25, 0.3) is 0 Å². The Morgan fingerprint density at radius 1 is 1.33 bits per heavy atom. The Kier molecular flexibility index (Phi) is 2.85. The van der Waals surface area contributed by atoms with Gasteiger partial charge in [-0.2, -0.15) is 0 Å². The average Bonchev–Trinajstić information content (AvgIpc) is 2.00. The number of rotatable bonds is 1. The molecule has 1 aliphatic rings. The first kappa shape index (κ1) is 9.67. The van der Waals surface area contributed by atoms with Gasteiger partial charge >= 0.3 is 0 Å². The van der Waals surface area contributed by atoms with E-state index in [2.05, 4.69) is 6.58 Å². The summed E-state index contributed by atoms with van der Waals surface area (Å²) in [6, 6.07) is 0. The van der Waals surface area contributed by atoms with Gasteiger partial charge in [-0.1, -0.05) is 6.58 Å². The van der Waals surface area contributed by atoms with Crippen LogP contribution in [0.4, 0.5) is 0 Å². The molecule has 0 aromatic heterocycles. The molecule has 4 heteroatoms. The zero-order chi connectivity index (χ0) is 9.30. The van der Waals surface area contributed by atoms with E-state index in [1.165, 1.54) is 0 Å². The lowest BCUT2D eigenvalue weighted by atomic mass is 9.96. The second-order valence-electron chi connectivity index (χ2n) is 3.15. The van der Waals surface area contributed by atoms with Gasteiger partial charge in [0.15, 0.2) is 0 Å². The molecule has 0 aliphatic carbocycles. The van der Waals surface area contributed by atoms with Crippen molar-refractivity contribution < 1.29 is 20.1 Å². The highest BCUT2D eigenvalue weighted by Crippen LogP contribution is 2.19. The molecule has 3 N–H and O–H groups in total. The summed E-state index contributed by atoms with van der Waals surface area (Å²) in [7, 11) is 0. The third kappa shape index (κ3) is 1.67. The summed E-state index contributed by atoms with van der Waals surface area (Å²) in [4.78, 5) is 0. The number of hydrogen-bond donors (Lipinski definition) is 3. The van der Waals surface area contributed by atoms with Gasteiger partial charge in [0, 0.05) is 0 Å². The van der Waals surface area contributed by atoms with Crippen LogP contribution in [-0.4, -0.2) is 46.3 Å². The van der Waals surface area contributed by atoms with Gasteiger partial charge in [-0.25, -0.2) is 0 Å². The quantitative estimate of drug-likeness (QED) is 0.448. The minimum Gasteiger partial charge on any atom is -0.388 e. The van der Waals surface area contributed by atoms with Gasteiger partial charge in [-0.15, -0.1) is 0 Å². The van der Waals surface area contributed by atoms with Crippen molar-refractivity contribution in [1.82, 2.24) is 0 Å². The van der Waals surface area contributed by atoms with E-state index in [0.29, 0.717) is 5.57 Å². The van der Waals surface area contributed by atoms with Crippen LogP contribution in [0.1, 0.15) is 6.92 Å². The number of ether oxygens (including phenoxy) is 1. The molecule has 0 saturated carbocycles. The highest BCUT2D eigenvalue weighted by atomic mass is 16.5. The Bertz CT molecular complexity index is 180. The third-order valence-electron chi connectivity index (χ3n) is 1.99. The van der Waals surface area contributed by atoms with Crippen molar-refractivity contribution in [2.24, 2.45) is 0 Å². The first-order valence-corrected chi connectivity index (χ1v) is 3.85. The molecule has 0 amide bonds. The highest BCUT2D eigenvalue weighted by Gasteiger charge is 2.37. The van der Waals surface area contributed by atoms with E-state index in [9.17, 15) is 10.2 Å². The first-order valence-electron chi connectivity index (χ1n) is 3.85. The Morgan fingerprint density at radius 2 is 1.92 bits per heavy atom. The van der Waals surface area contributed by atoms with Crippen LogP contribution >= 0.6 is 0 Å². The van der Waals surface area contributed by atoms with Crippen molar-refractivity contribution in [2.75, 3.05) is 6.61 Å². The van der Waals surface area contributed by atoms with Gasteiger partial charge in [-0.3, -0.25) is 0 Å². The molecule has 1 fully saturated rings. The number of aliphatic hydroxyl groups is 3. The summed E-state index contributed by atoms with van der Waals surface area (Å²) in [5, 5.41) is 27.7. The molecule has 0 bridgehead atoms. The van der Waals surface area contributed by atoms with Crippen LogP contribution in [0.3, 0.4) is 0 Å². The molecule has 1 unspecified atom stereocenters. The monoisotopic (exact) mass is 174 g/mol. The molecule has 4 atom stereocenters. The van der Waals surface area contributed by atoms with Gasteiger partial charge < -0.3 is 20.1 Å². The molecular formula is C8H14O4. The summed E-state index contributed by atoms with van der Waals surface area (Å²) in [6.45, 7) is 5.36. The summed E-state index contributed by atoms with van der Waals surface area (Å²) in [5.74, 6) is 0. The smallest absolute Gasteiger partial charge is 0.112 e. The fraction of sp³-hybridized carbons (Fsp3) is 0.750. The maximum absolute atomic E-state index is 9.38. The Balaban J connectivity index is 2.65. The molecule has 0 aromatic carbocycles. The highest BCUT2D eigenvalue weighted by molar-refractivity contribution is 5.05. The van der Waals surface area contributed by atoms with Gasteiger partial charge in [-0.05, 0) is 12.5 Å². The summed E-state index contributed by atoms with van der Waals surface area (Å²) in [5.41, 5.74) is 0.647. The molecule has 1 rings (SSSR count). The molecular weight excluding hydrogens is 160 g/mol. The van der Waals surface area contributed by atoms with Crippen LogP contribution in [-0.2, 0) is 4.74 Å². The van der Waals surface area contributed by atoms with Crippen LogP contribution in [0, 0.1) is 0 Å². The van der Waals surface area contributed by atoms with Crippen LogP contribution in [0.15, 0.2) is 12.2 Å². The standard InChI is InChI=1S/C8H14O4/c1-4(2)8-7(11)6(10)5(9)3-12-8/h5-11H,1,3H2,2H3/t5-,6+,7-,8?/m0/s1. The van der Waals surface area contributed by atoms with Gasteiger partial charge in [0.2, 0.25) is 0 Å². The zero-order valence-corrected chi connectivity index (χ0v) is 6.97. The molecule has 1 heterocycles. The molecule has 1 aliphatic heterocycles. The molecule has 70 valence electrons. The predicted octanol–water partition coefficient (Wildman–Crippen LogP) is -0.956. The third-order valence-corrected chi connectivity index (χ3v) is 1.99. The lowest BCUT2D eigenvalue weighted by Crippen LogP contribution is -2.53.